The highest BCUT2D eigenvalue weighted by Gasteiger charge is 2.91. The van der Waals surface area contributed by atoms with E-state index < -0.39 is 8.07 Å². The second kappa shape index (κ2) is 13.7. The van der Waals surface area contributed by atoms with E-state index in [0.717, 1.165) is 65.2 Å². The lowest BCUT2D eigenvalue weighted by Gasteiger charge is -2.92. The van der Waals surface area contributed by atoms with Crippen LogP contribution in [0.5, 0.6) is 5.75 Å². The van der Waals surface area contributed by atoms with Crippen LogP contribution in [0.15, 0.2) is 172 Å². The average Bonchev–Trinajstić information content (AvgIpc) is 4.07. The van der Waals surface area contributed by atoms with Gasteiger partial charge in [0.2, 0.25) is 0 Å². The summed E-state index contributed by atoms with van der Waals surface area (Å²) in [4.78, 5) is 5.51. The topological polar surface area (TPSA) is 28.9 Å². The molecule has 3 aliphatic heterocycles. The third kappa shape index (κ3) is 4.70. The first-order chi connectivity index (χ1) is 36.1. The second-order valence-corrected chi connectivity index (χ2v) is 30.5. The van der Waals surface area contributed by atoms with Gasteiger partial charge in [-0.05, 0) is 180 Å². The molecule has 6 heteroatoms. The summed E-state index contributed by atoms with van der Waals surface area (Å²) in [5.41, 5.74) is 26.7. The zero-order valence-corrected chi connectivity index (χ0v) is 44.0. The Kier molecular flexibility index (Phi) is 7.72. The molecule has 6 aromatic carbocycles. The van der Waals surface area contributed by atoms with Gasteiger partial charge in [-0.2, -0.15) is 0 Å². The number of anilines is 5. The summed E-state index contributed by atoms with van der Waals surface area (Å²) < 4.78 is 13.8. The van der Waals surface area contributed by atoms with Crippen molar-refractivity contribution in [2.75, 3.05) is 9.80 Å². The van der Waals surface area contributed by atoms with E-state index in [1.165, 1.54) is 91.7 Å². The van der Waals surface area contributed by atoms with Gasteiger partial charge < -0.3 is 19.0 Å². The maximum atomic E-state index is 6.98. The van der Waals surface area contributed by atoms with Gasteiger partial charge in [0.1, 0.15) is 23.0 Å². The molecule has 0 radical (unpaired) electrons. The fraction of sp³-hybridized carbons (Fsp3) is 0.294. The van der Waals surface area contributed by atoms with Crippen LogP contribution in [0.4, 0.5) is 28.4 Å². The van der Waals surface area contributed by atoms with Gasteiger partial charge in [0.05, 0.1) is 25.2 Å². The SMILES string of the molecule is CC1=CCC(N2c3cc(C4=C5C(=C([Si](C)(C)C)CC4)c4ccccc4C54C5CC6CC7CC4C675)cc4c3B(c3ccc5c(c32)C2C=CC=CC2O5)c2ccc3oc5ccccc5c3c2N4c2ccc(C)cc2)C=C1. The maximum absolute atomic E-state index is 6.98. The van der Waals surface area contributed by atoms with E-state index in [2.05, 4.69) is 195 Å². The second-order valence-electron chi connectivity index (χ2n) is 25.4. The number of para-hydroxylation sites is 1. The van der Waals surface area contributed by atoms with Gasteiger partial charge in [-0.3, -0.25) is 0 Å². The molecule has 7 unspecified atom stereocenters. The first kappa shape index (κ1) is 41.6. The first-order valence-corrected chi connectivity index (χ1v) is 31.5. The van der Waals surface area contributed by atoms with Gasteiger partial charge >= 0.3 is 0 Å². The predicted molar refractivity (Wildman–Crippen MR) is 308 cm³/mol. The van der Waals surface area contributed by atoms with Crippen LogP contribution in [0, 0.1) is 36.0 Å². The van der Waals surface area contributed by atoms with Crippen LogP contribution in [0.3, 0.4) is 0 Å². The fourth-order valence-electron chi connectivity index (χ4n) is 18.7. The monoisotopic (exact) mass is 974 g/mol. The summed E-state index contributed by atoms with van der Waals surface area (Å²) >= 11 is 0. The number of allylic oxidation sites excluding steroid dienone is 8. The van der Waals surface area contributed by atoms with Crippen molar-refractivity contribution in [2.24, 2.45) is 29.1 Å². The number of nitrogens with zero attached hydrogens (tertiary/aromatic N) is 2. The van der Waals surface area contributed by atoms with Crippen LogP contribution in [0.1, 0.15) is 79.2 Å². The number of fused-ring (bicyclic) bond motifs is 19. The third-order valence-corrected chi connectivity index (χ3v) is 23.8. The minimum Gasteiger partial charge on any atom is -0.485 e. The molecule has 11 aliphatic rings. The Morgan fingerprint density at radius 3 is 2.31 bits per heavy atom. The molecule has 4 saturated carbocycles. The molecule has 7 atom stereocenters. The number of rotatable bonds is 4. The molecule has 74 heavy (non-hydrogen) atoms. The van der Waals surface area contributed by atoms with Gasteiger partial charge in [0.15, 0.2) is 0 Å². The Balaban J connectivity index is 0.991. The van der Waals surface area contributed by atoms with E-state index in [-0.39, 0.29) is 30.2 Å². The summed E-state index contributed by atoms with van der Waals surface area (Å²) in [6, 6.07) is 43.0. The number of hydrogen-bond donors (Lipinski definition) is 0. The Morgan fingerprint density at radius 2 is 1.50 bits per heavy atom. The van der Waals surface area contributed by atoms with Crippen molar-refractivity contribution in [2.45, 2.75) is 95.5 Å². The number of furan rings is 1. The van der Waals surface area contributed by atoms with Crippen LogP contribution in [-0.2, 0) is 5.41 Å². The molecule has 4 nitrogen and oxygen atoms in total. The van der Waals surface area contributed by atoms with Crippen LogP contribution in [-0.4, -0.2) is 26.9 Å². The molecule has 0 N–H and O–H groups in total. The van der Waals surface area contributed by atoms with Crippen LogP contribution >= 0.6 is 0 Å². The quantitative estimate of drug-likeness (QED) is 0.164. The molecular weight excluding hydrogens is 916 g/mol. The molecule has 360 valence electrons. The summed E-state index contributed by atoms with van der Waals surface area (Å²) in [5.74, 6) is 4.54. The van der Waals surface area contributed by atoms with Gasteiger partial charge in [0.25, 0.3) is 6.71 Å². The molecule has 4 heterocycles. The van der Waals surface area contributed by atoms with Gasteiger partial charge in [-0.25, -0.2) is 0 Å². The highest BCUT2D eigenvalue weighted by atomic mass is 28.3. The molecule has 1 aromatic heterocycles. The van der Waals surface area contributed by atoms with Crippen molar-refractivity contribution in [1.29, 1.82) is 0 Å². The zero-order chi connectivity index (χ0) is 48.9. The minimum absolute atomic E-state index is 0.0259. The molecule has 2 spiro atoms. The van der Waals surface area contributed by atoms with Crippen molar-refractivity contribution in [3.8, 4) is 5.75 Å². The predicted octanol–water partition coefficient (Wildman–Crippen LogP) is 14.7. The normalized spacial score (nSPS) is 30.3. The first-order valence-electron chi connectivity index (χ1n) is 28.0. The largest absolute Gasteiger partial charge is 0.485 e. The average molecular weight is 975 g/mol. The molecule has 4 fully saturated rings. The molecule has 7 aromatic rings. The highest BCUT2D eigenvalue weighted by molar-refractivity contribution is 7.00. The Bertz CT molecular complexity index is 3960. The van der Waals surface area contributed by atoms with Crippen LogP contribution in [0.2, 0.25) is 19.6 Å². The Hall–Kier alpha value is -6.76. The number of hydrogen-bond acceptors (Lipinski definition) is 4. The van der Waals surface area contributed by atoms with E-state index in [1.54, 1.807) is 33.0 Å². The summed E-state index contributed by atoms with van der Waals surface area (Å²) in [6.45, 7) is 12.3. The van der Waals surface area contributed by atoms with Gasteiger partial charge in [-0.1, -0.05) is 139 Å². The number of ether oxygens (including phenoxy) is 1. The van der Waals surface area contributed by atoms with E-state index in [0.29, 0.717) is 5.41 Å². The smallest absolute Gasteiger partial charge is 0.252 e. The molecular formula is C68H59BN2O2Si. The third-order valence-electron chi connectivity index (χ3n) is 21.5. The zero-order valence-electron chi connectivity index (χ0n) is 43.0. The fourth-order valence-corrected chi connectivity index (χ4v) is 20.6. The van der Waals surface area contributed by atoms with Crippen LogP contribution in [0.25, 0.3) is 33.1 Å². The summed E-state index contributed by atoms with van der Waals surface area (Å²) in [5, 5.41) is 4.16. The number of benzene rings is 6. The molecule has 0 bridgehead atoms. The van der Waals surface area contributed by atoms with E-state index in [4.69, 9.17) is 9.15 Å². The van der Waals surface area contributed by atoms with Crippen molar-refractivity contribution in [3.05, 3.63) is 196 Å². The molecule has 0 amide bonds. The highest BCUT2D eigenvalue weighted by Crippen LogP contribution is 2.95. The summed E-state index contributed by atoms with van der Waals surface area (Å²) in [7, 11) is -1.74. The lowest BCUT2D eigenvalue weighted by Crippen LogP contribution is -2.88. The van der Waals surface area contributed by atoms with Crippen LogP contribution < -0.4 is 30.9 Å². The van der Waals surface area contributed by atoms with Gasteiger partial charge in [-0.15, -0.1) is 0 Å². The molecule has 0 saturated heterocycles. The Labute approximate surface area is 435 Å². The number of aryl methyl sites for hydroxylation is 1. The van der Waals surface area contributed by atoms with Crippen molar-refractivity contribution < 1.29 is 9.15 Å². The maximum Gasteiger partial charge on any atom is 0.252 e. The van der Waals surface area contributed by atoms with Crippen molar-refractivity contribution in [1.82, 2.24) is 0 Å². The lowest BCUT2D eigenvalue weighted by molar-refractivity contribution is -0.412. The van der Waals surface area contributed by atoms with Crippen molar-refractivity contribution in [3.63, 3.8) is 0 Å². The van der Waals surface area contributed by atoms with Crippen molar-refractivity contribution >= 4 is 92.7 Å². The summed E-state index contributed by atoms with van der Waals surface area (Å²) in [6.07, 6.45) is 23.9. The minimum atomic E-state index is -1.74. The van der Waals surface area contributed by atoms with E-state index in [9.17, 15) is 0 Å². The van der Waals surface area contributed by atoms with Gasteiger partial charge in [0, 0.05) is 45.0 Å². The lowest BCUT2D eigenvalue weighted by atomic mass is 9.11. The molecule has 18 rings (SSSR count). The van der Waals surface area contributed by atoms with E-state index >= 15 is 0 Å². The molecule has 8 aliphatic carbocycles. The Morgan fingerprint density at radius 1 is 0.730 bits per heavy atom. The standard InChI is InChI=1S/C68H59BN2O2Si/c1-37-18-22-42(23-19-37)70-51-32-39(44-26-31-57(74(3,4)5)62-45-12-6-9-15-48(45)68(63(44)62)58-35-40-34-41-36-59(68)67(40,41)58)33-52-64(51)69(49-27-29-55-60(65(49)70)46-13-7-10-16-53(46)72-55)50-28-30-56-61(47-14-8-11-17-54(47)73-56)66(50)71(52)43-24-20-38(2)21-25-43/h6-24,27-30,32-33,40-41,43,47,54,58-59H,25-26,31,34-36H2,1-5H3. The van der Waals surface area contributed by atoms with E-state index in [1.807, 2.05) is 0 Å².